The number of urea groups is 1. The predicted octanol–water partition coefficient (Wildman–Crippen LogP) is 2.28. The van der Waals surface area contributed by atoms with Gasteiger partial charge >= 0.3 is 12.0 Å². The SMILES string of the molecule is CCOc1ccc(NC(=O)N(C)CC(C)C(=O)O)cc1OC. The second-order valence-electron chi connectivity index (χ2n) is 4.85. The maximum Gasteiger partial charge on any atom is 0.321 e. The molecule has 1 unspecified atom stereocenters. The van der Waals surface area contributed by atoms with Gasteiger partial charge in [0, 0.05) is 25.3 Å². The van der Waals surface area contributed by atoms with Crippen LogP contribution in [0.25, 0.3) is 0 Å². The zero-order chi connectivity index (χ0) is 16.7. The first kappa shape index (κ1) is 17.6. The number of carbonyl (C=O) groups is 2. The largest absolute Gasteiger partial charge is 0.493 e. The minimum atomic E-state index is -0.942. The van der Waals surface area contributed by atoms with Gasteiger partial charge in [0.2, 0.25) is 0 Å². The molecule has 7 nitrogen and oxygen atoms in total. The predicted molar refractivity (Wildman–Crippen MR) is 82.6 cm³/mol. The highest BCUT2D eigenvalue weighted by atomic mass is 16.5. The lowest BCUT2D eigenvalue weighted by Crippen LogP contribution is -2.36. The lowest BCUT2D eigenvalue weighted by Gasteiger charge is -2.20. The van der Waals surface area contributed by atoms with Crippen LogP contribution in [0.1, 0.15) is 13.8 Å². The van der Waals surface area contributed by atoms with Crippen LogP contribution < -0.4 is 14.8 Å². The topological polar surface area (TPSA) is 88.1 Å². The quantitative estimate of drug-likeness (QED) is 0.806. The maximum absolute atomic E-state index is 12.0. The van der Waals surface area contributed by atoms with E-state index in [2.05, 4.69) is 5.32 Å². The van der Waals surface area contributed by atoms with Crippen LogP contribution in [0.2, 0.25) is 0 Å². The number of aliphatic carboxylic acids is 1. The third-order valence-corrected chi connectivity index (χ3v) is 3.03. The highest BCUT2D eigenvalue weighted by Crippen LogP contribution is 2.30. The molecule has 0 aliphatic rings. The number of anilines is 1. The van der Waals surface area contributed by atoms with Gasteiger partial charge in [-0.15, -0.1) is 0 Å². The molecule has 0 saturated carbocycles. The minimum Gasteiger partial charge on any atom is -0.493 e. The van der Waals surface area contributed by atoms with E-state index in [1.54, 1.807) is 32.2 Å². The van der Waals surface area contributed by atoms with E-state index in [0.717, 1.165) is 0 Å². The second kappa shape index (κ2) is 8.11. The van der Waals surface area contributed by atoms with Gasteiger partial charge in [0.1, 0.15) is 0 Å². The van der Waals surface area contributed by atoms with E-state index in [0.29, 0.717) is 23.8 Å². The molecule has 0 bridgehead atoms. The van der Waals surface area contributed by atoms with Crippen molar-refractivity contribution in [3.05, 3.63) is 18.2 Å². The van der Waals surface area contributed by atoms with Crippen molar-refractivity contribution in [2.45, 2.75) is 13.8 Å². The Balaban J connectivity index is 2.73. The Morgan fingerprint density at radius 2 is 2.05 bits per heavy atom. The van der Waals surface area contributed by atoms with Gasteiger partial charge in [0.05, 0.1) is 19.6 Å². The Kier molecular flexibility index (Phi) is 6.49. The lowest BCUT2D eigenvalue weighted by atomic mass is 10.2. The van der Waals surface area contributed by atoms with Crippen molar-refractivity contribution < 1.29 is 24.2 Å². The normalized spacial score (nSPS) is 11.5. The number of hydrogen-bond acceptors (Lipinski definition) is 4. The molecule has 1 aromatic rings. The number of nitrogens with one attached hydrogen (secondary N) is 1. The van der Waals surface area contributed by atoms with Crippen LogP contribution in [0, 0.1) is 5.92 Å². The summed E-state index contributed by atoms with van der Waals surface area (Å²) < 4.78 is 10.6. The third kappa shape index (κ3) is 4.83. The van der Waals surface area contributed by atoms with E-state index in [-0.39, 0.29) is 12.6 Å². The smallest absolute Gasteiger partial charge is 0.321 e. The standard InChI is InChI=1S/C15H22N2O5/c1-5-22-12-7-6-11(8-13(12)21-4)16-15(20)17(3)9-10(2)14(18)19/h6-8,10H,5,9H2,1-4H3,(H,16,20)(H,18,19). The molecule has 22 heavy (non-hydrogen) atoms. The van der Waals surface area contributed by atoms with Gasteiger partial charge in [-0.05, 0) is 19.1 Å². The Morgan fingerprint density at radius 1 is 1.36 bits per heavy atom. The third-order valence-electron chi connectivity index (χ3n) is 3.03. The summed E-state index contributed by atoms with van der Waals surface area (Å²) in [6.45, 7) is 4.05. The van der Waals surface area contributed by atoms with Crippen molar-refractivity contribution in [1.29, 1.82) is 0 Å². The van der Waals surface area contributed by atoms with E-state index < -0.39 is 11.9 Å². The Morgan fingerprint density at radius 3 is 2.59 bits per heavy atom. The summed E-state index contributed by atoms with van der Waals surface area (Å²) in [4.78, 5) is 24.2. The molecule has 7 heteroatoms. The molecule has 2 N–H and O–H groups in total. The van der Waals surface area contributed by atoms with Gasteiger partial charge in [-0.1, -0.05) is 6.92 Å². The average molecular weight is 310 g/mol. The lowest BCUT2D eigenvalue weighted by molar-refractivity contribution is -0.141. The molecule has 2 amide bonds. The Labute approximate surface area is 129 Å². The second-order valence-corrected chi connectivity index (χ2v) is 4.85. The number of amides is 2. The van der Waals surface area contributed by atoms with Crippen LogP contribution in [-0.2, 0) is 4.79 Å². The van der Waals surface area contributed by atoms with Gasteiger partial charge < -0.3 is 24.8 Å². The van der Waals surface area contributed by atoms with Crippen molar-refractivity contribution in [3.8, 4) is 11.5 Å². The first-order valence-corrected chi connectivity index (χ1v) is 6.94. The Hall–Kier alpha value is -2.44. The summed E-state index contributed by atoms with van der Waals surface area (Å²) in [6.07, 6.45) is 0. The summed E-state index contributed by atoms with van der Waals surface area (Å²) >= 11 is 0. The van der Waals surface area contributed by atoms with Gasteiger partial charge in [-0.2, -0.15) is 0 Å². The van der Waals surface area contributed by atoms with Gasteiger partial charge in [0.25, 0.3) is 0 Å². The number of hydrogen-bond donors (Lipinski definition) is 2. The molecule has 1 rings (SSSR count). The van der Waals surface area contributed by atoms with Crippen LogP contribution in [-0.4, -0.2) is 49.3 Å². The van der Waals surface area contributed by atoms with E-state index in [4.69, 9.17) is 14.6 Å². The molecule has 0 spiro atoms. The van der Waals surface area contributed by atoms with Gasteiger partial charge in [-0.3, -0.25) is 4.79 Å². The van der Waals surface area contributed by atoms with Gasteiger partial charge in [-0.25, -0.2) is 4.79 Å². The highest BCUT2D eigenvalue weighted by molar-refractivity contribution is 5.89. The number of rotatable bonds is 7. The zero-order valence-corrected chi connectivity index (χ0v) is 13.3. The molecule has 0 aliphatic carbocycles. The van der Waals surface area contributed by atoms with Crippen LogP contribution in [0.3, 0.4) is 0 Å². The highest BCUT2D eigenvalue weighted by Gasteiger charge is 2.17. The minimum absolute atomic E-state index is 0.120. The molecule has 0 saturated heterocycles. The van der Waals surface area contributed by atoms with Crippen LogP contribution >= 0.6 is 0 Å². The number of carboxylic acid groups (broad SMARTS) is 1. The average Bonchev–Trinajstić information content (AvgIpc) is 2.48. The van der Waals surface area contributed by atoms with Crippen molar-refractivity contribution >= 4 is 17.7 Å². The van der Waals surface area contributed by atoms with E-state index >= 15 is 0 Å². The molecule has 0 aliphatic heterocycles. The van der Waals surface area contributed by atoms with Crippen molar-refractivity contribution in [2.75, 3.05) is 32.6 Å². The summed E-state index contributed by atoms with van der Waals surface area (Å²) in [6, 6.07) is 4.66. The molecule has 0 fully saturated rings. The number of benzene rings is 1. The van der Waals surface area contributed by atoms with Gasteiger partial charge in [0.15, 0.2) is 11.5 Å². The summed E-state index contributed by atoms with van der Waals surface area (Å²) in [5.41, 5.74) is 0.542. The molecule has 0 aromatic heterocycles. The maximum atomic E-state index is 12.0. The first-order chi connectivity index (χ1) is 10.4. The summed E-state index contributed by atoms with van der Waals surface area (Å²) in [5, 5.41) is 11.6. The van der Waals surface area contributed by atoms with Crippen LogP contribution in [0.15, 0.2) is 18.2 Å². The van der Waals surface area contributed by atoms with Crippen molar-refractivity contribution in [3.63, 3.8) is 0 Å². The number of carbonyl (C=O) groups excluding carboxylic acids is 1. The van der Waals surface area contributed by atoms with E-state index in [9.17, 15) is 9.59 Å². The van der Waals surface area contributed by atoms with E-state index in [1.165, 1.54) is 12.0 Å². The molecule has 122 valence electrons. The fraction of sp³-hybridized carbons (Fsp3) is 0.467. The fourth-order valence-electron chi connectivity index (χ4n) is 1.81. The number of ether oxygens (including phenoxy) is 2. The summed E-state index contributed by atoms with van der Waals surface area (Å²) in [5.74, 6) is -0.468. The Bertz CT molecular complexity index is 533. The number of methoxy groups -OCH3 is 1. The van der Waals surface area contributed by atoms with Crippen molar-refractivity contribution in [1.82, 2.24) is 4.90 Å². The molecular weight excluding hydrogens is 288 g/mol. The molecule has 0 radical (unpaired) electrons. The number of nitrogens with zero attached hydrogens (tertiary/aromatic N) is 1. The monoisotopic (exact) mass is 310 g/mol. The molecule has 0 heterocycles. The first-order valence-electron chi connectivity index (χ1n) is 6.94. The van der Waals surface area contributed by atoms with Crippen LogP contribution in [0.5, 0.6) is 11.5 Å². The zero-order valence-electron chi connectivity index (χ0n) is 13.3. The molecular formula is C15H22N2O5. The molecule has 1 atom stereocenters. The molecule has 1 aromatic carbocycles. The fourth-order valence-corrected chi connectivity index (χ4v) is 1.81. The summed E-state index contributed by atoms with van der Waals surface area (Å²) in [7, 11) is 3.06. The number of carboxylic acids is 1. The van der Waals surface area contributed by atoms with Crippen molar-refractivity contribution in [2.24, 2.45) is 5.92 Å². The van der Waals surface area contributed by atoms with Crippen LogP contribution in [0.4, 0.5) is 10.5 Å². The van der Waals surface area contributed by atoms with E-state index in [1.807, 2.05) is 6.92 Å².